The number of aromatic nitrogens is 3. The summed E-state index contributed by atoms with van der Waals surface area (Å²) in [6, 6.07) is 12.9. The number of rotatable bonds is 4. The summed E-state index contributed by atoms with van der Waals surface area (Å²) in [5.74, 6) is -0.939. The van der Waals surface area contributed by atoms with Crippen molar-refractivity contribution in [3.05, 3.63) is 110 Å². The molecule has 3 aromatic rings. The lowest BCUT2D eigenvalue weighted by Gasteiger charge is -2.39. The molecule has 2 aromatic carbocycles. The van der Waals surface area contributed by atoms with Gasteiger partial charge in [-0.1, -0.05) is 30.3 Å². The average molecular weight is 512 g/mol. The first-order chi connectivity index (χ1) is 18.3. The number of hydrogen-bond acceptors (Lipinski definition) is 6. The first-order valence-electron chi connectivity index (χ1n) is 12.5. The smallest absolute Gasteiger partial charge is 0.352 e. The molecule has 3 aliphatic rings. The van der Waals surface area contributed by atoms with E-state index in [9.17, 15) is 24.3 Å². The summed E-state index contributed by atoms with van der Waals surface area (Å²) in [5.41, 5.74) is 1.92. The lowest BCUT2D eigenvalue weighted by molar-refractivity contribution is -0.116. The van der Waals surface area contributed by atoms with Crippen molar-refractivity contribution >= 4 is 11.6 Å². The maximum absolute atomic E-state index is 13.7. The van der Waals surface area contributed by atoms with Gasteiger partial charge in [-0.3, -0.25) is 9.59 Å². The number of aromatic hydroxyl groups is 1. The Morgan fingerprint density at radius 1 is 1.03 bits per heavy atom. The predicted octanol–water partition coefficient (Wildman–Crippen LogP) is 2.97. The zero-order valence-electron chi connectivity index (χ0n) is 20.9. The van der Waals surface area contributed by atoms with Crippen molar-refractivity contribution in [2.75, 3.05) is 6.61 Å². The van der Waals surface area contributed by atoms with Gasteiger partial charge < -0.3 is 9.84 Å². The van der Waals surface area contributed by atoms with Crippen LogP contribution in [0.4, 0.5) is 0 Å². The lowest BCUT2D eigenvalue weighted by atomic mass is 9.68. The van der Waals surface area contributed by atoms with Crippen LogP contribution in [0.2, 0.25) is 0 Å². The van der Waals surface area contributed by atoms with Gasteiger partial charge >= 0.3 is 11.4 Å². The molecule has 0 fully saturated rings. The van der Waals surface area contributed by atoms with Crippen LogP contribution in [0, 0.1) is 0 Å². The van der Waals surface area contributed by atoms with Crippen molar-refractivity contribution in [1.29, 1.82) is 0 Å². The van der Waals surface area contributed by atoms with Gasteiger partial charge in [0.15, 0.2) is 23.1 Å². The second-order valence-electron chi connectivity index (χ2n) is 9.59. The second-order valence-corrected chi connectivity index (χ2v) is 9.59. The standard InChI is InChI=1S/C29H25N3O6/c1-3-38-24-14-17(9-10-22(24)33)25-19-11-12-30-28(36)31(18-7-5-4-6-8-18)29(37)32(30)21(19)15-20-23(34)13-16(2)27(35)26(20)25/h4-11,13-14,21,25,33H,3,12,15H2,1-2H3/t21-,25+/m1/s1. The topological polar surface area (TPSA) is 113 Å². The van der Waals surface area contributed by atoms with E-state index in [2.05, 4.69) is 0 Å². The van der Waals surface area contributed by atoms with E-state index in [-0.39, 0.29) is 36.0 Å². The highest BCUT2D eigenvalue weighted by Crippen LogP contribution is 2.50. The van der Waals surface area contributed by atoms with Crippen LogP contribution in [0.25, 0.3) is 5.69 Å². The van der Waals surface area contributed by atoms with Gasteiger partial charge in [-0.05, 0) is 55.3 Å². The van der Waals surface area contributed by atoms with Gasteiger partial charge in [0.25, 0.3) is 0 Å². The van der Waals surface area contributed by atoms with Crippen molar-refractivity contribution in [1.82, 2.24) is 13.9 Å². The van der Waals surface area contributed by atoms with Gasteiger partial charge in [0.1, 0.15) is 0 Å². The van der Waals surface area contributed by atoms with E-state index in [0.717, 1.165) is 10.1 Å². The minimum Gasteiger partial charge on any atom is -0.504 e. The van der Waals surface area contributed by atoms with Gasteiger partial charge in [-0.15, -0.1) is 0 Å². The molecule has 0 radical (unpaired) electrons. The number of hydrogen-bond donors (Lipinski definition) is 1. The zero-order chi connectivity index (χ0) is 26.7. The van der Waals surface area contributed by atoms with E-state index in [4.69, 9.17) is 4.74 Å². The Morgan fingerprint density at radius 3 is 2.53 bits per heavy atom. The number of allylic oxidation sites excluding steroid dienone is 6. The van der Waals surface area contributed by atoms with Crippen molar-refractivity contribution in [3.8, 4) is 17.2 Å². The molecule has 1 N–H and O–H groups in total. The Labute approximate surface area is 217 Å². The number of carbonyl (C=O) groups excluding carboxylic acids is 2. The number of phenols is 1. The number of nitrogens with zero attached hydrogens (tertiary/aromatic N) is 3. The summed E-state index contributed by atoms with van der Waals surface area (Å²) < 4.78 is 9.52. The molecule has 0 saturated heterocycles. The van der Waals surface area contributed by atoms with Crippen LogP contribution in [0.1, 0.15) is 37.8 Å². The van der Waals surface area contributed by atoms with Crippen LogP contribution in [0.3, 0.4) is 0 Å². The van der Waals surface area contributed by atoms with E-state index in [1.807, 2.05) is 6.08 Å². The van der Waals surface area contributed by atoms with E-state index >= 15 is 0 Å². The molecule has 38 heavy (non-hydrogen) atoms. The van der Waals surface area contributed by atoms with Crippen molar-refractivity contribution in [2.24, 2.45) is 0 Å². The third-order valence-corrected chi connectivity index (χ3v) is 7.46. The van der Waals surface area contributed by atoms with Crippen molar-refractivity contribution < 1.29 is 19.4 Å². The third-order valence-electron chi connectivity index (χ3n) is 7.46. The summed E-state index contributed by atoms with van der Waals surface area (Å²) in [4.78, 5) is 53.8. The molecule has 2 heterocycles. The molecule has 6 rings (SSSR count). The van der Waals surface area contributed by atoms with Gasteiger partial charge in [0, 0.05) is 29.1 Å². The molecule has 9 nitrogen and oxygen atoms in total. The Hall–Kier alpha value is -4.66. The minimum absolute atomic E-state index is 0.0399. The fraction of sp³-hybridized carbons (Fsp3) is 0.241. The number of benzene rings is 2. The van der Waals surface area contributed by atoms with Crippen LogP contribution < -0.4 is 16.1 Å². The van der Waals surface area contributed by atoms with E-state index in [1.54, 1.807) is 56.3 Å². The maximum atomic E-state index is 13.7. The van der Waals surface area contributed by atoms with Crippen molar-refractivity contribution in [3.63, 3.8) is 0 Å². The van der Waals surface area contributed by atoms with Gasteiger partial charge in [0.05, 0.1) is 24.9 Å². The van der Waals surface area contributed by atoms with Crippen LogP contribution >= 0.6 is 0 Å². The first kappa shape index (κ1) is 23.7. The number of ether oxygens (including phenoxy) is 1. The van der Waals surface area contributed by atoms with Gasteiger partial charge in [0.2, 0.25) is 0 Å². The Kier molecular flexibility index (Phi) is 5.45. The summed E-state index contributed by atoms with van der Waals surface area (Å²) in [5, 5.41) is 10.3. The highest BCUT2D eigenvalue weighted by Gasteiger charge is 2.45. The monoisotopic (exact) mass is 511 g/mol. The number of para-hydroxylation sites is 1. The third kappa shape index (κ3) is 3.38. The van der Waals surface area contributed by atoms with Crippen LogP contribution in [-0.4, -0.2) is 37.2 Å². The number of phenolic OH excluding ortho intramolecular Hbond substituents is 1. The molecule has 2 aliphatic carbocycles. The normalized spacial score (nSPS) is 20.4. The lowest BCUT2D eigenvalue weighted by Crippen LogP contribution is -2.40. The van der Waals surface area contributed by atoms with Crippen LogP contribution in [-0.2, 0) is 16.1 Å². The van der Waals surface area contributed by atoms with Crippen LogP contribution in [0.5, 0.6) is 11.5 Å². The number of ketones is 2. The number of carbonyl (C=O) groups is 2. The predicted molar refractivity (Wildman–Crippen MR) is 139 cm³/mol. The Bertz CT molecular complexity index is 1730. The molecule has 1 aromatic heterocycles. The highest BCUT2D eigenvalue weighted by atomic mass is 16.5. The molecular formula is C29H25N3O6. The molecule has 0 unspecified atom stereocenters. The molecule has 0 amide bonds. The largest absolute Gasteiger partial charge is 0.504 e. The molecular weight excluding hydrogens is 486 g/mol. The molecule has 2 atom stereocenters. The van der Waals surface area contributed by atoms with Crippen molar-refractivity contribution in [2.45, 2.75) is 38.8 Å². The fourth-order valence-corrected chi connectivity index (χ4v) is 5.79. The van der Waals surface area contributed by atoms with E-state index in [1.165, 1.54) is 21.5 Å². The summed E-state index contributed by atoms with van der Waals surface area (Å²) in [6.07, 6.45) is 3.32. The summed E-state index contributed by atoms with van der Waals surface area (Å²) in [6.45, 7) is 3.88. The highest BCUT2D eigenvalue weighted by molar-refractivity contribution is 6.23. The SMILES string of the molecule is CCOc1cc([C@H]2C3=CCn4c(=O)n(-c5ccccc5)c(=O)n4[C@@H]3CC3=C2C(=O)C(C)=CC3=O)ccc1O. The molecule has 9 heteroatoms. The second kappa shape index (κ2) is 8.72. The summed E-state index contributed by atoms with van der Waals surface area (Å²) in [7, 11) is 0. The Morgan fingerprint density at radius 2 is 1.79 bits per heavy atom. The molecule has 0 bridgehead atoms. The zero-order valence-corrected chi connectivity index (χ0v) is 20.9. The molecule has 192 valence electrons. The van der Waals surface area contributed by atoms with Crippen LogP contribution in [0.15, 0.2) is 92.6 Å². The molecule has 0 saturated carbocycles. The number of Topliss-reactive ketones (excluding diaryl/α,β-unsaturated/α-hetero) is 1. The van der Waals surface area contributed by atoms with Gasteiger partial charge in [-0.25, -0.2) is 23.5 Å². The van der Waals surface area contributed by atoms with E-state index in [0.29, 0.717) is 34.6 Å². The average Bonchev–Trinajstić information content (AvgIpc) is 3.18. The minimum atomic E-state index is -0.653. The van der Waals surface area contributed by atoms with Gasteiger partial charge in [-0.2, -0.15) is 0 Å². The first-order valence-corrected chi connectivity index (χ1v) is 12.5. The quantitative estimate of drug-likeness (QED) is 0.426. The van der Waals surface area contributed by atoms with E-state index < -0.39 is 23.3 Å². The maximum Gasteiger partial charge on any atom is 0.352 e. The molecule has 0 spiro atoms. The fourth-order valence-electron chi connectivity index (χ4n) is 5.79. The number of fused-ring (bicyclic) bond motifs is 3. The Balaban J connectivity index is 1.58. The summed E-state index contributed by atoms with van der Waals surface area (Å²) >= 11 is 0. The molecule has 1 aliphatic heterocycles.